The average Bonchev–Trinajstić information content (AvgIpc) is 3.09. The van der Waals surface area contributed by atoms with E-state index in [-0.39, 0.29) is 5.91 Å². The van der Waals surface area contributed by atoms with Gasteiger partial charge in [0.2, 0.25) is 0 Å². The molecule has 2 aromatic carbocycles. The Morgan fingerprint density at radius 1 is 1.22 bits per heavy atom. The van der Waals surface area contributed by atoms with Crippen molar-refractivity contribution in [3.63, 3.8) is 0 Å². The van der Waals surface area contributed by atoms with Gasteiger partial charge in [0.05, 0.1) is 23.2 Å². The quantitative estimate of drug-likeness (QED) is 0.728. The summed E-state index contributed by atoms with van der Waals surface area (Å²) in [5.74, 6) is 1.28. The number of rotatable bonds is 3. The maximum Gasteiger partial charge on any atom is 0.256 e. The van der Waals surface area contributed by atoms with E-state index in [4.69, 9.17) is 4.74 Å². The molecule has 0 unspecified atom stereocenters. The number of amides is 1. The molecule has 2 heterocycles. The Labute approximate surface area is 133 Å². The minimum atomic E-state index is -0.130. The third-order valence-corrected chi connectivity index (χ3v) is 3.77. The molecule has 0 saturated heterocycles. The molecule has 5 nitrogen and oxygen atoms in total. The Bertz CT molecular complexity index is 907. The van der Waals surface area contributed by atoms with Crippen LogP contribution in [-0.4, -0.2) is 22.5 Å². The smallest absolute Gasteiger partial charge is 0.256 e. The van der Waals surface area contributed by atoms with Crippen LogP contribution >= 0.6 is 0 Å². The van der Waals surface area contributed by atoms with Gasteiger partial charge in [-0.2, -0.15) is 0 Å². The molecule has 0 atom stereocenters. The zero-order valence-corrected chi connectivity index (χ0v) is 12.6. The Balaban J connectivity index is 1.79. The number of nitrogens with zero attached hydrogens (tertiary/aromatic N) is 1. The summed E-state index contributed by atoms with van der Waals surface area (Å²) in [5.41, 5.74) is 4.03. The molecule has 1 aliphatic heterocycles. The topological polar surface area (TPSA) is 67.0 Å². The molecular weight excluding hydrogens is 290 g/mol. The fourth-order valence-corrected chi connectivity index (χ4v) is 2.74. The van der Waals surface area contributed by atoms with Crippen LogP contribution in [0.1, 0.15) is 18.3 Å². The summed E-state index contributed by atoms with van der Waals surface area (Å²) in [6, 6.07) is 13.4. The second-order valence-corrected chi connectivity index (χ2v) is 5.29. The number of benzene rings is 2. The Kier molecular flexibility index (Phi) is 3.12. The van der Waals surface area contributed by atoms with E-state index in [2.05, 4.69) is 15.3 Å². The van der Waals surface area contributed by atoms with Crippen molar-refractivity contribution in [1.82, 2.24) is 9.97 Å². The molecular formula is C18H15N3O2. The standard InChI is InChI=1S/C18H15N3O2/c1-2-23-11-7-8-14-12(9-11)13(18(22)21-14)10-17-19-15-5-3-4-6-16(15)20-17/h3-10H,2H2,1H3,(H,19,20)(H,21,22)/b13-10-. The highest BCUT2D eigenvalue weighted by Gasteiger charge is 2.25. The van der Waals surface area contributed by atoms with Gasteiger partial charge in [0.15, 0.2) is 0 Å². The number of hydrogen-bond donors (Lipinski definition) is 2. The molecule has 23 heavy (non-hydrogen) atoms. The van der Waals surface area contributed by atoms with Crippen molar-refractivity contribution in [3.05, 3.63) is 53.9 Å². The normalized spacial score (nSPS) is 15.0. The molecule has 4 rings (SSSR count). The van der Waals surface area contributed by atoms with Crippen molar-refractivity contribution >= 4 is 34.3 Å². The fraction of sp³-hybridized carbons (Fsp3) is 0.111. The van der Waals surface area contributed by atoms with Gasteiger partial charge in [-0.3, -0.25) is 4.79 Å². The van der Waals surface area contributed by atoms with Crippen molar-refractivity contribution in [2.24, 2.45) is 0 Å². The van der Waals surface area contributed by atoms with Crippen molar-refractivity contribution in [3.8, 4) is 5.75 Å². The van der Waals surface area contributed by atoms with Crippen LogP contribution in [0, 0.1) is 0 Å². The van der Waals surface area contributed by atoms with Crippen LogP contribution in [0.25, 0.3) is 22.7 Å². The number of para-hydroxylation sites is 2. The van der Waals surface area contributed by atoms with Crippen LogP contribution < -0.4 is 10.1 Å². The molecule has 3 aromatic rings. The Hall–Kier alpha value is -3.08. The minimum Gasteiger partial charge on any atom is -0.494 e. The second kappa shape index (κ2) is 5.28. The van der Waals surface area contributed by atoms with E-state index in [9.17, 15) is 4.79 Å². The highest BCUT2D eigenvalue weighted by atomic mass is 16.5. The summed E-state index contributed by atoms with van der Waals surface area (Å²) in [7, 11) is 0. The lowest BCUT2D eigenvalue weighted by molar-refractivity contribution is -0.110. The van der Waals surface area contributed by atoms with Crippen molar-refractivity contribution in [2.75, 3.05) is 11.9 Å². The third-order valence-electron chi connectivity index (χ3n) is 3.77. The van der Waals surface area contributed by atoms with Crippen molar-refractivity contribution < 1.29 is 9.53 Å². The molecule has 0 aliphatic carbocycles. The van der Waals surface area contributed by atoms with Crippen LogP contribution in [-0.2, 0) is 4.79 Å². The van der Waals surface area contributed by atoms with Gasteiger partial charge >= 0.3 is 0 Å². The van der Waals surface area contributed by atoms with Crippen LogP contribution in [0.15, 0.2) is 42.5 Å². The average molecular weight is 305 g/mol. The molecule has 0 bridgehead atoms. The van der Waals surface area contributed by atoms with Crippen molar-refractivity contribution in [2.45, 2.75) is 6.92 Å². The molecule has 0 fully saturated rings. The van der Waals surface area contributed by atoms with E-state index >= 15 is 0 Å². The highest BCUT2D eigenvalue weighted by molar-refractivity contribution is 6.34. The van der Waals surface area contributed by atoms with Gasteiger partial charge in [-0.15, -0.1) is 0 Å². The fourth-order valence-electron chi connectivity index (χ4n) is 2.74. The summed E-state index contributed by atoms with van der Waals surface area (Å²) >= 11 is 0. The predicted octanol–water partition coefficient (Wildman–Crippen LogP) is 3.45. The van der Waals surface area contributed by atoms with Gasteiger partial charge in [0.25, 0.3) is 5.91 Å². The molecule has 114 valence electrons. The van der Waals surface area contributed by atoms with Gasteiger partial charge in [0, 0.05) is 11.3 Å². The lowest BCUT2D eigenvalue weighted by atomic mass is 10.1. The maximum atomic E-state index is 12.3. The number of H-pyrrole nitrogens is 1. The molecule has 1 aromatic heterocycles. The molecule has 2 N–H and O–H groups in total. The van der Waals surface area contributed by atoms with Gasteiger partial charge in [-0.25, -0.2) is 4.98 Å². The SMILES string of the molecule is CCOc1ccc2c(c1)/C(=C/c1nc3ccccc3[nH]1)C(=O)N2. The van der Waals surface area contributed by atoms with Gasteiger partial charge in [0.1, 0.15) is 11.6 Å². The maximum absolute atomic E-state index is 12.3. The largest absolute Gasteiger partial charge is 0.494 e. The summed E-state index contributed by atoms with van der Waals surface area (Å²) in [6.07, 6.45) is 1.77. The summed E-state index contributed by atoms with van der Waals surface area (Å²) in [6.45, 7) is 2.52. The molecule has 0 spiro atoms. The number of nitrogens with one attached hydrogen (secondary N) is 2. The Morgan fingerprint density at radius 3 is 2.91 bits per heavy atom. The van der Waals surface area contributed by atoms with Gasteiger partial charge in [-0.05, 0) is 43.3 Å². The first kappa shape index (κ1) is 13.6. The van der Waals surface area contributed by atoms with E-state index in [1.807, 2.05) is 49.4 Å². The number of hydrogen-bond acceptors (Lipinski definition) is 3. The summed E-state index contributed by atoms with van der Waals surface area (Å²) in [4.78, 5) is 20.0. The minimum absolute atomic E-state index is 0.130. The highest BCUT2D eigenvalue weighted by Crippen LogP contribution is 2.35. The first-order chi connectivity index (χ1) is 11.2. The monoisotopic (exact) mass is 305 g/mol. The number of carbonyl (C=O) groups excluding carboxylic acids is 1. The number of aromatic amines is 1. The van der Waals surface area contributed by atoms with E-state index in [1.54, 1.807) is 6.08 Å². The zero-order valence-electron chi connectivity index (χ0n) is 12.6. The predicted molar refractivity (Wildman–Crippen MR) is 90.2 cm³/mol. The number of ether oxygens (including phenoxy) is 1. The summed E-state index contributed by atoms with van der Waals surface area (Å²) < 4.78 is 5.52. The molecule has 1 amide bonds. The number of carbonyl (C=O) groups is 1. The first-order valence-corrected chi connectivity index (χ1v) is 7.49. The van der Waals surface area contributed by atoms with Crippen LogP contribution in [0.3, 0.4) is 0 Å². The van der Waals surface area contributed by atoms with E-state index in [0.29, 0.717) is 18.0 Å². The van der Waals surface area contributed by atoms with Gasteiger partial charge < -0.3 is 15.0 Å². The first-order valence-electron chi connectivity index (χ1n) is 7.49. The second-order valence-electron chi connectivity index (χ2n) is 5.29. The number of aromatic nitrogens is 2. The molecule has 0 saturated carbocycles. The van der Waals surface area contributed by atoms with Crippen LogP contribution in [0.5, 0.6) is 5.75 Å². The summed E-state index contributed by atoms with van der Waals surface area (Å²) in [5, 5.41) is 2.87. The zero-order chi connectivity index (χ0) is 15.8. The molecule has 5 heteroatoms. The van der Waals surface area contributed by atoms with Crippen LogP contribution in [0.4, 0.5) is 5.69 Å². The third kappa shape index (κ3) is 2.36. The Morgan fingerprint density at radius 2 is 2.09 bits per heavy atom. The number of fused-ring (bicyclic) bond motifs is 2. The van der Waals surface area contributed by atoms with Crippen LogP contribution in [0.2, 0.25) is 0 Å². The van der Waals surface area contributed by atoms with E-state index < -0.39 is 0 Å². The number of imidazole rings is 1. The molecule has 0 radical (unpaired) electrons. The number of anilines is 1. The lowest BCUT2D eigenvalue weighted by Gasteiger charge is -2.05. The molecule has 1 aliphatic rings. The van der Waals surface area contributed by atoms with Gasteiger partial charge in [-0.1, -0.05) is 12.1 Å². The van der Waals surface area contributed by atoms with E-state index in [0.717, 1.165) is 28.0 Å². The van der Waals surface area contributed by atoms with E-state index in [1.165, 1.54) is 0 Å². The van der Waals surface area contributed by atoms with Crippen molar-refractivity contribution in [1.29, 1.82) is 0 Å². The lowest BCUT2D eigenvalue weighted by Crippen LogP contribution is -2.03.